The number of nitriles is 1. The van der Waals surface area contributed by atoms with Crippen LogP contribution in [0.4, 0.5) is 0 Å². The van der Waals surface area contributed by atoms with Gasteiger partial charge < -0.3 is 0 Å². The predicted molar refractivity (Wildman–Crippen MR) is 78.1 cm³/mol. The number of nitrogens with one attached hydrogen (secondary N) is 1. The van der Waals surface area contributed by atoms with E-state index < -0.39 is 10.0 Å². The molecule has 7 nitrogen and oxygen atoms in total. The summed E-state index contributed by atoms with van der Waals surface area (Å²) in [6.45, 7) is 5.35. The van der Waals surface area contributed by atoms with Gasteiger partial charge in [-0.3, -0.25) is 9.58 Å². The fourth-order valence-electron chi connectivity index (χ4n) is 2.73. The van der Waals surface area contributed by atoms with Crippen LogP contribution in [0, 0.1) is 25.2 Å². The molecule has 2 rings (SSSR count). The van der Waals surface area contributed by atoms with Crippen molar-refractivity contribution in [3.05, 3.63) is 11.4 Å². The first-order valence-corrected chi connectivity index (χ1v) is 8.45. The molecule has 1 aliphatic heterocycles. The van der Waals surface area contributed by atoms with Crippen LogP contribution < -0.4 is 4.72 Å². The van der Waals surface area contributed by atoms with Crippen LogP contribution in [0.1, 0.15) is 24.2 Å². The van der Waals surface area contributed by atoms with Crippen LogP contribution in [0.5, 0.6) is 0 Å². The number of hydrogen-bond acceptors (Lipinski definition) is 5. The lowest BCUT2D eigenvalue weighted by molar-refractivity contribution is 0.229. The maximum atomic E-state index is 12.5. The van der Waals surface area contributed by atoms with Crippen molar-refractivity contribution in [3.63, 3.8) is 0 Å². The van der Waals surface area contributed by atoms with E-state index in [4.69, 9.17) is 5.26 Å². The molecule has 0 aromatic carbocycles. The second-order valence-electron chi connectivity index (χ2n) is 5.45. The maximum Gasteiger partial charge on any atom is 0.244 e. The highest BCUT2D eigenvalue weighted by Crippen LogP contribution is 2.20. The van der Waals surface area contributed by atoms with Crippen LogP contribution in [0.2, 0.25) is 0 Å². The number of aryl methyl sites for hydroxylation is 2. The second kappa shape index (κ2) is 6.13. The summed E-state index contributed by atoms with van der Waals surface area (Å²) in [5, 5.41) is 12.8. The highest BCUT2D eigenvalue weighted by molar-refractivity contribution is 7.89. The first kappa shape index (κ1) is 15.9. The zero-order valence-corrected chi connectivity index (χ0v) is 13.4. The van der Waals surface area contributed by atoms with Gasteiger partial charge in [0.15, 0.2) is 0 Å². The molecule has 2 heterocycles. The molecular weight excluding hydrogens is 290 g/mol. The lowest BCUT2D eigenvalue weighted by atomic mass is 10.1. The van der Waals surface area contributed by atoms with Crippen molar-refractivity contribution < 1.29 is 8.42 Å². The molecule has 1 aliphatic rings. The van der Waals surface area contributed by atoms with E-state index in [9.17, 15) is 8.42 Å². The molecule has 0 saturated carbocycles. The molecule has 0 unspecified atom stereocenters. The molecular formula is C13H21N5O2S. The first-order valence-electron chi connectivity index (χ1n) is 6.97. The Labute approximate surface area is 125 Å². The summed E-state index contributed by atoms with van der Waals surface area (Å²) in [4.78, 5) is 2.32. The summed E-state index contributed by atoms with van der Waals surface area (Å²) >= 11 is 0. The fraction of sp³-hybridized carbons (Fsp3) is 0.692. The average Bonchev–Trinajstić information content (AvgIpc) is 2.66. The Morgan fingerprint density at radius 3 is 2.48 bits per heavy atom. The standard InChI is InChI=1S/C13H21N5O2S/c1-10-13(11(2)17(3)15-10)21(19,20)16-12-4-7-18(8-5-12)9-6-14/h12,16H,4-5,7-9H2,1-3H3. The number of rotatable bonds is 4. The van der Waals surface area contributed by atoms with Gasteiger partial charge in [0.25, 0.3) is 0 Å². The molecule has 0 atom stereocenters. The van der Waals surface area contributed by atoms with Gasteiger partial charge in [-0.05, 0) is 26.7 Å². The van der Waals surface area contributed by atoms with Crippen LogP contribution >= 0.6 is 0 Å². The number of aromatic nitrogens is 2. The predicted octanol–water partition coefficient (Wildman–Crippen LogP) is 0.303. The van der Waals surface area contributed by atoms with Crippen LogP contribution in [-0.2, 0) is 17.1 Å². The van der Waals surface area contributed by atoms with Crippen molar-refractivity contribution in [1.29, 1.82) is 5.26 Å². The van der Waals surface area contributed by atoms with Crippen LogP contribution in [0.25, 0.3) is 0 Å². The van der Waals surface area contributed by atoms with E-state index in [1.54, 1.807) is 25.6 Å². The summed E-state index contributed by atoms with van der Waals surface area (Å²) in [6, 6.07) is 2.04. The Kier molecular flexibility index (Phi) is 4.66. The van der Waals surface area contributed by atoms with Crippen molar-refractivity contribution in [2.24, 2.45) is 7.05 Å². The molecule has 1 aromatic rings. The van der Waals surface area contributed by atoms with Crippen molar-refractivity contribution in [2.75, 3.05) is 19.6 Å². The molecule has 0 amide bonds. The third kappa shape index (κ3) is 3.43. The van der Waals surface area contributed by atoms with Crippen molar-refractivity contribution in [2.45, 2.75) is 37.6 Å². The van der Waals surface area contributed by atoms with E-state index in [0.29, 0.717) is 17.9 Å². The van der Waals surface area contributed by atoms with Crippen molar-refractivity contribution in [3.8, 4) is 6.07 Å². The first-order chi connectivity index (χ1) is 9.85. The summed E-state index contributed by atoms with van der Waals surface area (Å²) in [7, 11) is -1.81. The van der Waals surface area contributed by atoms with Crippen LogP contribution in [-0.4, -0.2) is 48.8 Å². The Morgan fingerprint density at radius 2 is 2.00 bits per heavy atom. The van der Waals surface area contributed by atoms with E-state index in [0.717, 1.165) is 25.9 Å². The van der Waals surface area contributed by atoms with Crippen LogP contribution in [0.3, 0.4) is 0 Å². The topological polar surface area (TPSA) is 91.0 Å². The Hall–Kier alpha value is -1.43. The highest BCUT2D eigenvalue weighted by Gasteiger charge is 2.28. The molecule has 21 heavy (non-hydrogen) atoms. The maximum absolute atomic E-state index is 12.5. The lowest BCUT2D eigenvalue weighted by Crippen LogP contribution is -2.44. The Bertz CT molecular complexity index is 651. The van der Waals surface area contributed by atoms with E-state index in [1.807, 2.05) is 4.90 Å². The second-order valence-corrected chi connectivity index (χ2v) is 7.10. The van der Waals surface area contributed by atoms with Gasteiger partial charge in [0.2, 0.25) is 10.0 Å². The number of sulfonamides is 1. The lowest BCUT2D eigenvalue weighted by Gasteiger charge is -2.30. The van der Waals surface area contributed by atoms with Crippen molar-refractivity contribution >= 4 is 10.0 Å². The molecule has 0 aliphatic carbocycles. The zero-order chi connectivity index (χ0) is 15.6. The Morgan fingerprint density at radius 1 is 1.38 bits per heavy atom. The van der Waals surface area contributed by atoms with Gasteiger partial charge in [0.05, 0.1) is 24.0 Å². The SMILES string of the molecule is Cc1nn(C)c(C)c1S(=O)(=O)NC1CCN(CC#N)CC1. The minimum Gasteiger partial charge on any atom is -0.290 e. The van der Waals surface area contributed by atoms with Gasteiger partial charge in [-0.1, -0.05) is 0 Å². The smallest absolute Gasteiger partial charge is 0.244 e. The normalized spacial score (nSPS) is 17.8. The summed E-state index contributed by atoms with van der Waals surface area (Å²) in [6.07, 6.45) is 1.44. The Balaban J connectivity index is 2.08. The fourth-order valence-corrected chi connectivity index (χ4v) is 4.47. The van der Waals surface area contributed by atoms with Gasteiger partial charge in [-0.15, -0.1) is 0 Å². The van der Waals surface area contributed by atoms with E-state index >= 15 is 0 Å². The zero-order valence-electron chi connectivity index (χ0n) is 12.6. The average molecular weight is 311 g/mol. The largest absolute Gasteiger partial charge is 0.290 e. The number of nitrogens with zero attached hydrogens (tertiary/aromatic N) is 4. The van der Waals surface area contributed by atoms with Gasteiger partial charge >= 0.3 is 0 Å². The minimum atomic E-state index is -3.55. The molecule has 116 valence electrons. The van der Waals surface area contributed by atoms with Gasteiger partial charge in [-0.2, -0.15) is 10.4 Å². The number of likely N-dealkylation sites (tertiary alicyclic amines) is 1. The summed E-state index contributed by atoms with van der Waals surface area (Å²) < 4.78 is 29.4. The molecule has 1 aromatic heterocycles. The van der Waals surface area contributed by atoms with E-state index in [2.05, 4.69) is 15.9 Å². The van der Waals surface area contributed by atoms with E-state index in [1.165, 1.54) is 0 Å². The molecule has 8 heteroatoms. The molecule has 1 fully saturated rings. The molecule has 0 radical (unpaired) electrons. The third-order valence-electron chi connectivity index (χ3n) is 3.92. The summed E-state index contributed by atoms with van der Waals surface area (Å²) in [5.41, 5.74) is 1.16. The van der Waals surface area contributed by atoms with Gasteiger partial charge in [0.1, 0.15) is 4.90 Å². The monoisotopic (exact) mass is 311 g/mol. The molecule has 1 N–H and O–H groups in total. The number of piperidine rings is 1. The van der Waals surface area contributed by atoms with Gasteiger partial charge in [0, 0.05) is 26.2 Å². The molecule has 1 saturated heterocycles. The third-order valence-corrected chi connectivity index (χ3v) is 5.69. The molecule has 0 bridgehead atoms. The molecule has 0 spiro atoms. The highest BCUT2D eigenvalue weighted by atomic mass is 32.2. The minimum absolute atomic E-state index is 0.0797. The number of hydrogen-bond donors (Lipinski definition) is 1. The quantitative estimate of drug-likeness (QED) is 0.808. The summed E-state index contributed by atoms with van der Waals surface area (Å²) in [5.74, 6) is 0. The van der Waals surface area contributed by atoms with Gasteiger partial charge in [-0.25, -0.2) is 13.1 Å². The van der Waals surface area contributed by atoms with E-state index in [-0.39, 0.29) is 10.9 Å². The van der Waals surface area contributed by atoms with Crippen molar-refractivity contribution in [1.82, 2.24) is 19.4 Å². The van der Waals surface area contributed by atoms with Crippen LogP contribution in [0.15, 0.2) is 4.90 Å².